The summed E-state index contributed by atoms with van der Waals surface area (Å²) in [7, 11) is 1.86. The van der Waals surface area contributed by atoms with Gasteiger partial charge in [0.1, 0.15) is 5.82 Å². The molecule has 4 rings (SSSR count). The van der Waals surface area contributed by atoms with Crippen molar-refractivity contribution in [3.8, 4) is 0 Å². The minimum absolute atomic E-state index is 0.0347. The molecule has 1 unspecified atom stereocenters. The van der Waals surface area contributed by atoms with Crippen LogP contribution in [0.25, 0.3) is 0 Å². The molecule has 1 aromatic carbocycles. The van der Waals surface area contributed by atoms with Crippen molar-refractivity contribution in [1.29, 1.82) is 0 Å². The fraction of sp³-hybridized carbons (Fsp3) is 0.444. The smallest absolute Gasteiger partial charge is 0.227 e. The number of rotatable bonds is 3. The normalized spacial score (nSPS) is 24.4. The van der Waals surface area contributed by atoms with Crippen LogP contribution in [0.2, 0.25) is 0 Å². The second-order valence-electron chi connectivity index (χ2n) is 7.12. The summed E-state index contributed by atoms with van der Waals surface area (Å²) in [5.41, 5.74) is 2.03. The second kappa shape index (κ2) is 5.70. The first-order valence-electron chi connectivity index (χ1n) is 8.29. The molecule has 3 heterocycles. The van der Waals surface area contributed by atoms with Crippen molar-refractivity contribution in [2.45, 2.75) is 19.4 Å². The van der Waals surface area contributed by atoms with E-state index in [0.29, 0.717) is 6.42 Å². The Balaban J connectivity index is 1.44. The van der Waals surface area contributed by atoms with Crippen molar-refractivity contribution in [2.75, 3.05) is 24.5 Å². The van der Waals surface area contributed by atoms with Crippen molar-refractivity contribution < 1.29 is 9.18 Å². The van der Waals surface area contributed by atoms with Crippen LogP contribution in [0.4, 0.5) is 10.1 Å². The maximum absolute atomic E-state index is 13.0. The minimum atomic E-state index is -0.204. The van der Waals surface area contributed by atoms with Crippen LogP contribution in [0.1, 0.15) is 18.4 Å². The van der Waals surface area contributed by atoms with Gasteiger partial charge in [0.05, 0.1) is 11.9 Å². The Morgan fingerprint density at radius 2 is 2.04 bits per heavy atom. The zero-order valence-electron chi connectivity index (χ0n) is 13.8. The highest BCUT2D eigenvalue weighted by atomic mass is 19.1. The van der Waals surface area contributed by atoms with Crippen LogP contribution in [0.15, 0.2) is 36.7 Å². The summed E-state index contributed by atoms with van der Waals surface area (Å²) in [6, 6.07) is 6.68. The average Bonchev–Trinajstić information content (AvgIpc) is 3.22. The monoisotopic (exact) mass is 328 g/mol. The molecule has 2 aromatic rings. The summed E-state index contributed by atoms with van der Waals surface area (Å²) in [6.45, 7) is 3.46. The molecule has 1 aromatic heterocycles. The van der Waals surface area contributed by atoms with Crippen LogP contribution < -0.4 is 4.90 Å². The zero-order valence-corrected chi connectivity index (χ0v) is 13.8. The van der Waals surface area contributed by atoms with Crippen molar-refractivity contribution in [1.82, 2.24) is 14.7 Å². The number of benzene rings is 1. The van der Waals surface area contributed by atoms with Gasteiger partial charge in [-0.15, -0.1) is 0 Å². The Kier molecular flexibility index (Phi) is 3.64. The van der Waals surface area contributed by atoms with Crippen molar-refractivity contribution in [3.63, 3.8) is 0 Å². The highest BCUT2D eigenvalue weighted by molar-refractivity contribution is 5.96. The lowest BCUT2D eigenvalue weighted by Crippen LogP contribution is -2.31. The van der Waals surface area contributed by atoms with Gasteiger partial charge in [-0.2, -0.15) is 5.10 Å². The van der Waals surface area contributed by atoms with Crippen LogP contribution >= 0.6 is 0 Å². The molecule has 0 N–H and O–H groups in total. The molecule has 24 heavy (non-hydrogen) atoms. The number of carbonyl (C=O) groups is 1. The number of aryl methyl sites for hydroxylation is 1. The van der Waals surface area contributed by atoms with E-state index in [9.17, 15) is 9.18 Å². The summed E-state index contributed by atoms with van der Waals surface area (Å²) >= 11 is 0. The molecule has 1 amide bonds. The molecule has 1 atom stereocenters. The van der Waals surface area contributed by atoms with E-state index in [2.05, 4.69) is 10.00 Å². The predicted molar refractivity (Wildman–Crippen MR) is 88.9 cm³/mol. The molecule has 2 fully saturated rings. The lowest BCUT2D eigenvalue weighted by Gasteiger charge is -2.23. The van der Waals surface area contributed by atoms with E-state index in [1.807, 2.05) is 30.3 Å². The largest absolute Gasteiger partial charge is 0.309 e. The van der Waals surface area contributed by atoms with Crippen LogP contribution in [0, 0.1) is 11.2 Å². The van der Waals surface area contributed by atoms with Crippen molar-refractivity contribution >= 4 is 11.6 Å². The minimum Gasteiger partial charge on any atom is -0.309 e. The van der Waals surface area contributed by atoms with Gasteiger partial charge in [-0.3, -0.25) is 14.4 Å². The first-order chi connectivity index (χ1) is 11.5. The van der Waals surface area contributed by atoms with Crippen LogP contribution in [-0.2, 0) is 18.4 Å². The molecule has 2 aliphatic rings. The van der Waals surface area contributed by atoms with Gasteiger partial charge in [-0.25, -0.2) is 4.39 Å². The third-order valence-electron chi connectivity index (χ3n) is 5.16. The molecule has 2 aliphatic heterocycles. The van der Waals surface area contributed by atoms with Gasteiger partial charge in [0.2, 0.25) is 5.91 Å². The number of hydrogen-bond donors (Lipinski definition) is 0. The van der Waals surface area contributed by atoms with Crippen LogP contribution in [0.5, 0.6) is 0 Å². The Morgan fingerprint density at radius 1 is 1.25 bits per heavy atom. The summed E-state index contributed by atoms with van der Waals surface area (Å²) in [5, 5.41) is 4.17. The molecule has 0 radical (unpaired) electrons. The van der Waals surface area contributed by atoms with E-state index in [0.717, 1.165) is 43.9 Å². The molecular weight excluding hydrogens is 307 g/mol. The van der Waals surface area contributed by atoms with E-state index in [1.54, 1.807) is 10.9 Å². The van der Waals surface area contributed by atoms with E-state index >= 15 is 0 Å². The Labute approximate surface area is 140 Å². The molecule has 0 saturated carbocycles. The van der Waals surface area contributed by atoms with Crippen LogP contribution in [0.3, 0.4) is 0 Å². The zero-order chi connectivity index (χ0) is 16.7. The third-order valence-corrected chi connectivity index (χ3v) is 5.16. The quantitative estimate of drug-likeness (QED) is 0.867. The summed E-state index contributed by atoms with van der Waals surface area (Å²) < 4.78 is 14.8. The number of likely N-dealkylation sites (tertiary alicyclic amines) is 1. The summed E-state index contributed by atoms with van der Waals surface area (Å²) in [6.07, 6.45) is 5.27. The van der Waals surface area contributed by atoms with Gasteiger partial charge >= 0.3 is 0 Å². The average molecular weight is 328 g/mol. The fourth-order valence-corrected chi connectivity index (χ4v) is 3.96. The first kappa shape index (κ1) is 15.3. The number of anilines is 1. The predicted octanol–water partition coefficient (Wildman–Crippen LogP) is 2.19. The van der Waals surface area contributed by atoms with Crippen molar-refractivity contribution in [2.24, 2.45) is 12.5 Å². The molecule has 0 bridgehead atoms. The van der Waals surface area contributed by atoms with Gasteiger partial charge in [-0.05, 0) is 30.7 Å². The topological polar surface area (TPSA) is 41.4 Å². The molecule has 2 saturated heterocycles. The van der Waals surface area contributed by atoms with Crippen molar-refractivity contribution in [3.05, 3.63) is 48.0 Å². The maximum Gasteiger partial charge on any atom is 0.227 e. The maximum atomic E-state index is 13.0. The number of carbonyl (C=O) groups excluding carboxylic acids is 1. The van der Waals surface area contributed by atoms with E-state index < -0.39 is 0 Å². The highest BCUT2D eigenvalue weighted by Crippen LogP contribution is 2.42. The van der Waals surface area contributed by atoms with Gasteiger partial charge in [0.15, 0.2) is 0 Å². The Hall–Kier alpha value is -2.21. The number of aromatic nitrogens is 2. The molecular formula is C18H21FN4O. The van der Waals surface area contributed by atoms with Gasteiger partial charge in [0.25, 0.3) is 0 Å². The molecule has 1 spiro atoms. The lowest BCUT2D eigenvalue weighted by molar-refractivity contribution is -0.117. The first-order valence-corrected chi connectivity index (χ1v) is 8.29. The number of nitrogens with zero attached hydrogens (tertiary/aromatic N) is 4. The third kappa shape index (κ3) is 2.82. The number of amides is 1. The lowest BCUT2D eigenvalue weighted by atomic mass is 9.86. The van der Waals surface area contributed by atoms with Crippen LogP contribution in [-0.4, -0.2) is 40.2 Å². The molecule has 126 valence electrons. The SMILES string of the molecule is Cn1cc(N2CC3(CCN(Cc4ccc(F)cc4)C3)CC2=O)cn1. The van der Waals surface area contributed by atoms with E-state index in [-0.39, 0.29) is 17.1 Å². The van der Waals surface area contributed by atoms with Gasteiger partial charge < -0.3 is 4.90 Å². The Bertz CT molecular complexity index is 757. The molecule has 6 heteroatoms. The highest BCUT2D eigenvalue weighted by Gasteiger charge is 2.47. The van der Waals surface area contributed by atoms with E-state index in [1.165, 1.54) is 12.1 Å². The molecule has 0 aliphatic carbocycles. The number of halogens is 1. The van der Waals surface area contributed by atoms with Gasteiger partial charge in [0, 0.05) is 44.7 Å². The van der Waals surface area contributed by atoms with E-state index in [4.69, 9.17) is 0 Å². The summed E-state index contributed by atoms with van der Waals surface area (Å²) in [4.78, 5) is 16.7. The standard InChI is InChI=1S/C18H21FN4O/c1-21-11-16(9-20-21)23-13-18(8-17(23)24)6-7-22(12-18)10-14-2-4-15(19)5-3-14/h2-5,9,11H,6-8,10,12-13H2,1H3. The Morgan fingerprint density at radius 3 is 2.75 bits per heavy atom. The fourth-order valence-electron chi connectivity index (χ4n) is 3.96. The molecule has 5 nitrogen and oxygen atoms in total. The van der Waals surface area contributed by atoms with Gasteiger partial charge in [-0.1, -0.05) is 12.1 Å². The second-order valence-corrected chi connectivity index (χ2v) is 7.12. The summed E-state index contributed by atoms with van der Waals surface area (Å²) in [5.74, 6) is -0.0169. The number of hydrogen-bond acceptors (Lipinski definition) is 3.